The number of hydrogen-bond donors (Lipinski definition) is 1. The fraction of sp³-hybridized carbons (Fsp3) is 0.567. The number of allylic oxidation sites excluding steroid dienone is 3. The highest BCUT2D eigenvalue weighted by atomic mass is 16.5. The number of aromatic nitrogens is 1. The van der Waals surface area contributed by atoms with Gasteiger partial charge < -0.3 is 19.4 Å². The number of hydrogen-bond acceptors (Lipinski definition) is 4. The van der Waals surface area contributed by atoms with Crippen LogP contribution in [0, 0.1) is 5.92 Å². The minimum Gasteiger partial charge on any atom is -0.485 e. The number of unbranched alkanes of at least 4 members (excludes halogenated alkanes) is 1. The lowest BCUT2D eigenvalue weighted by molar-refractivity contribution is 0.233. The second-order valence-electron chi connectivity index (χ2n) is 9.92. The molecule has 2 aromatic rings. The molecule has 0 saturated carbocycles. The molecular weight excluding hydrogens is 436 g/mol. The van der Waals surface area contributed by atoms with Crippen LogP contribution in [-0.4, -0.2) is 24.3 Å². The Hall–Kier alpha value is -2.69. The maximum atomic E-state index is 13.4. The maximum absolute atomic E-state index is 13.4. The summed E-state index contributed by atoms with van der Waals surface area (Å²) in [5.41, 5.74) is 4.29. The largest absolute Gasteiger partial charge is 0.485 e. The van der Waals surface area contributed by atoms with Gasteiger partial charge in [0.2, 0.25) is 5.75 Å². The quantitative estimate of drug-likeness (QED) is 0.209. The van der Waals surface area contributed by atoms with Crippen molar-refractivity contribution in [3.05, 3.63) is 51.9 Å². The highest BCUT2D eigenvalue weighted by molar-refractivity contribution is 5.90. The smallest absolute Gasteiger partial charge is 0.297 e. The van der Waals surface area contributed by atoms with E-state index in [0.717, 1.165) is 61.7 Å². The van der Waals surface area contributed by atoms with Crippen LogP contribution in [0.3, 0.4) is 0 Å². The molecule has 1 aromatic carbocycles. The molecule has 0 radical (unpaired) electrons. The Kier molecular flexibility index (Phi) is 11.9. The van der Waals surface area contributed by atoms with Gasteiger partial charge in [0.05, 0.1) is 12.1 Å². The molecular formula is C30H46N2O3. The zero-order chi connectivity index (χ0) is 25.8. The van der Waals surface area contributed by atoms with Gasteiger partial charge in [-0.1, -0.05) is 50.8 Å². The zero-order valence-corrected chi connectivity index (χ0v) is 23.0. The Balaban J connectivity index is 2.38. The summed E-state index contributed by atoms with van der Waals surface area (Å²) in [6.45, 7) is 14.7. The van der Waals surface area contributed by atoms with Gasteiger partial charge in [-0.05, 0) is 76.6 Å². The van der Waals surface area contributed by atoms with Crippen LogP contribution in [-0.2, 0) is 7.05 Å². The van der Waals surface area contributed by atoms with Crippen LogP contribution in [0.15, 0.2) is 46.3 Å². The monoisotopic (exact) mass is 482 g/mol. The lowest BCUT2D eigenvalue weighted by Crippen LogP contribution is -2.23. The van der Waals surface area contributed by atoms with Crippen molar-refractivity contribution in [3.8, 4) is 11.5 Å². The molecule has 1 unspecified atom stereocenters. The van der Waals surface area contributed by atoms with Gasteiger partial charge in [0.1, 0.15) is 6.61 Å². The number of benzene rings is 1. The van der Waals surface area contributed by atoms with Crippen molar-refractivity contribution in [2.75, 3.05) is 25.1 Å². The summed E-state index contributed by atoms with van der Waals surface area (Å²) in [5, 5.41) is 4.35. The van der Waals surface area contributed by atoms with E-state index in [1.165, 1.54) is 11.1 Å². The van der Waals surface area contributed by atoms with E-state index < -0.39 is 0 Å². The summed E-state index contributed by atoms with van der Waals surface area (Å²) in [7, 11) is 1.81. The first-order chi connectivity index (χ1) is 16.8. The van der Waals surface area contributed by atoms with E-state index in [4.69, 9.17) is 9.47 Å². The number of ether oxygens (including phenoxy) is 2. The summed E-state index contributed by atoms with van der Waals surface area (Å²) in [4.78, 5) is 13.4. The van der Waals surface area contributed by atoms with Crippen molar-refractivity contribution in [3.63, 3.8) is 0 Å². The minimum atomic E-state index is -0.161. The summed E-state index contributed by atoms with van der Waals surface area (Å²) >= 11 is 0. The van der Waals surface area contributed by atoms with Crippen LogP contribution >= 0.6 is 0 Å². The van der Waals surface area contributed by atoms with Crippen molar-refractivity contribution in [1.82, 2.24) is 4.57 Å². The molecule has 0 spiro atoms. The molecule has 2 rings (SSSR count). The van der Waals surface area contributed by atoms with E-state index in [1.807, 2.05) is 12.1 Å². The summed E-state index contributed by atoms with van der Waals surface area (Å²) in [6.07, 6.45) is 10.8. The molecule has 0 bridgehead atoms. The number of fused-ring (bicyclic) bond motifs is 1. The highest BCUT2D eigenvalue weighted by Crippen LogP contribution is 2.34. The highest BCUT2D eigenvalue weighted by Gasteiger charge is 2.19. The fourth-order valence-corrected chi connectivity index (χ4v) is 4.03. The maximum Gasteiger partial charge on any atom is 0.297 e. The molecule has 1 N–H and O–H groups in total. The molecule has 35 heavy (non-hydrogen) atoms. The second kappa shape index (κ2) is 14.7. The van der Waals surface area contributed by atoms with Gasteiger partial charge >= 0.3 is 0 Å². The van der Waals surface area contributed by atoms with Gasteiger partial charge in [-0.3, -0.25) is 4.79 Å². The lowest BCUT2D eigenvalue weighted by atomic mass is 10.1. The van der Waals surface area contributed by atoms with Gasteiger partial charge in [0.25, 0.3) is 5.56 Å². The molecule has 0 saturated heterocycles. The van der Waals surface area contributed by atoms with Crippen LogP contribution in [0.25, 0.3) is 10.9 Å². The molecule has 0 amide bonds. The standard InChI is InChI=1S/C30H46N2O3/c1-8-10-18-31-25-15-16-26-27(20-25)32(7)30(33)29(35-21-24(6)12-9-2)28(26)34-19-17-23(5)14-11-13-22(3)4/h13,15-17,20,24,31H,8-12,14,18-19,21H2,1-7H3/b23-17+. The van der Waals surface area contributed by atoms with Crippen molar-refractivity contribution >= 4 is 16.6 Å². The lowest BCUT2D eigenvalue weighted by Gasteiger charge is -2.19. The number of nitrogens with one attached hydrogen (secondary N) is 1. The molecule has 0 aliphatic rings. The first-order valence-electron chi connectivity index (χ1n) is 13.2. The van der Waals surface area contributed by atoms with E-state index in [-0.39, 0.29) is 5.56 Å². The molecule has 0 fully saturated rings. The molecule has 1 atom stereocenters. The normalized spacial score (nSPS) is 12.5. The topological polar surface area (TPSA) is 52.5 Å². The summed E-state index contributed by atoms with van der Waals surface area (Å²) in [6, 6.07) is 6.12. The molecule has 194 valence electrons. The molecule has 1 aromatic heterocycles. The Morgan fingerprint density at radius 3 is 2.54 bits per heavy atom. The predicted octanol–water partition coefficient (Wildman–Crippen LogP) is 7.64. The molecule has 5 heteroatoms. The Bertz CT molecular complexity index is 1060. The average Bonchev–Trinajstić information content (AvgIpc) is 2.82. The third-order valence-corrected chi connectivity index (χ3v) is 6.21. The number of aryl methyl sites for hydroxylation is 1. The predicted molar refractivity (Wildman–Crippen MR) is 150 cm³/mol. The zero-order valence-electron chi connectivity index (χ0n) is 23.0. The van der Waals surface area contributed by atoms with E-state index in [1.54, 1.807) is 11.6 Å². The van der Waals surface area contributed by atoms with Crippen molar-refractivity contribution < 1.29 is 9.47 Å². The summed E-state index contributed by atoms with van der Waals surface area (Å²) in [5.74, 6) is 1.22. The van der Waals surface area contributed by atoms with Gasteiger partial charge in [0, 0.05) is 24.7 Å². The average molecular weight is 483 g/mol. The number of pyridine rings is 1. The van der Waals surface area contributed by atoms with E-state index in [9.17, 15) is 4.79 Å². The van der Waals surface area contributed by atoms with Crippen molar-refractivity contribution in [2.24, 2.45) is 13.0 Å². The van der Waals surface area contributed by atoms with Gasteiger partial charge in [-0.2, -0.15) is 0 Å². The van der Waals surface area contributed by atoms with E-state index >= 15 is 0 Å². The molecule has 0 aliphatic carbocycles. The van der Waals surface area contributed by atoms with Crippen LogP contribution in [0.5, 0.6) is 11.5 Å². The number of anilines is 1. The first kappa shape index (κ1) is 28.5. The molecule has 5 nitrogen and oxygen atoms in total. The Labute approximate surface area is 212 Å². The third kappa shape index (κ3) is 8.79. The molecule has 1 heterocycles. The van der Waals surface area contributed by atoms with E-state index in [0.29, 0.717) is 30.6 Å². The van der Waals surface area contributed by atoms with Gasteiger partial charge in [-0.25, -0.2) is 0 Å². The van der Waals surface area contributed by atoms with Gasteiger partial charge in [-0.15, -0.1) is 0 Å². The van der Waals surface area contributed by atoms with Gasteiger partial charge in [0.15, 0.2) is 5.75 Å². The Morgan fingerprint density at radius 2 is 1.86 bits per heavy atom. The third-order valence-electron chi connectivity index (χ3n) is 6.21. The summed E-state index contributed by atoms with van der Waals surface area (Å²) < 4.78 is 14.1. The SMILES string of the molecule is CCCCNc1ccc2c(OC/C=C(\C)CCC=C(C)C)c(OCC(C)CCC)c(=O)n(C)c2c1. The minimum absolute atomic E-state index is 0.161. The fourth-order valence-electron chi connectivity index (χ4n) is 4.03. The van der Waals surface area contributed by atoms with Crippen molar-refractivity contribution in [1.29, 1.82) is 0 Å². The van der Waals surface area contributed by atoms with Crippen LogP contribution < -0.4 is 20.3 Å². The van der Waals surface area contributed by atoms with Crippen molar-refractivity contribution in [2.45, 2.75) is 80.1 Å². The van der Waals surface area contributed by atoms with Crippen LogP contribution in [0.2, 0.25) is 0 Å². The first-order valence-corrected chi connectivity index (χ1v) is 13.2. The number of rotatable bonds is 15. The van der Waals surface area contributed by atoms with Crippen LogP contribution in [0.4, 0.5) is 5.69 Å². The number of nitrogens with zero attached hydrogens (tertiary/aromatic N) is 1. The molecule has 0 aliphatic heterocycles. The second-order valence-corrected chi connectivity index (χ2v) is 9.92. The van der Waals surface area contributed by atoms with Crippen LogP contribution in [0.1, 0.15) is 80.1 Å². The Morgan fingerprint density at radius 1 is 1.09 bits per heavy atom. The van der Waals surface area contributed by atoms with E-state index in [2.05, 4.69) is 65.1 Å².